The number of carbonyl (C=O) groups is 1. The molecule has 2 aromatic rings. The van der Waals surface area contributed by atoms with E-state index < -0.39 is 5.54 Å². The summed E-state index contributed by atoms with van der Waals surface area (Å²) in [5.41, 5.74) is 0.548. The van der Waals surface area contributed by atoms with Crippen LogP contribution in [0, 0.1) is 11.8 Å². The van der Waals surface area contributed by atoms with E-state index in [4.69, 9.17) is 0 Å². The number of aromatic nitrogens is 2. The molecule has 0 spiro atoms. The molecule has 1 saturated carbocycles. The number of carbonyl (C=O) groups excluding carboxylic acids is 1. The van der Waals surface area contributed by atoms with E-state index in [1.807, 2.05) is 48.8 Å². The molecule has 0 saturated heterocycles. The Hall–Kier alpha value is -1.88. The second-order valence-electron chi connectivity index (χ2n) is 6.60. The molecule has 1 aliphatic carbocycles. The van der Waals surface area contributed by atoms with E-state index in [9.17, 15) is 4.79 Å². The lowest BCUT2D eigenvalue weighted by molar-refractivity contribution is -0.124. The predicted molar refractivity (Wildman–Crippen MR) is 86.5 cm³/mol. The van der Waals surface area contributed by atoms with Crippen molar-refractivity contribution in [3.63, 3.8) is 0 Å². The smallest absolute Gasteiger partial charge is 0.224 e. The molecular formula is C17H24N4O. The summed E-state index contributed by atoms with van der Waals surface area (Å²) in [6, 6.07) is 5.98. The lowest BCUT2D eigenvalue weighted by atomic mass is 10.0. The average molecular weight is 300 g/mol. The lowest BCUT2D eigenvalue weighted by Gasteiger charge is -2.25. The quantitative estimate of drug-likeness (QED) is 0.857. The molecule has 5 heteroatoms. The Morgan fingerprint density at radius 3 is 3.05 bits per heavy atom. The molecule has 0 aliphatic heterocycles. The van der Waals surface area contributed by atoms with Crippen molar-refractivity contribution >= 4 is 11.4 Å². The van der Waals surface area contributed by atoms with Crippen LogP contribution < -0.4 is 10.6 Å². The van der Waals surface area contributed by atoms with Gasteiger partial charge in [0.25, 0.3) is 0 Å². The molecule has 0 bridgehead atoms. The van der Waals surface area contributed by atoms with Crippen molar-refractivity contribution in [1.29, 1.82) is 0 Å². The fourth-order valence-corrected chi connectivity index (χ4v) is 2.99. The summed E-state index contributed by atoms with van der Waals surface area (Å²) in [5.74, 6) is 1.62. The number of pyridine rings is 1. The highest BCUT2D eigenvalue weighted by atomic mass is 16.2. The van der Waals surface area contributed by atoms with Gasteiger partial charge in [-0.25, -0.2) is 4.98 Å². The topological polar surface area (TPSA) is 58.4 Å². The third-order valence-corrected chi connectivity index (χ3v) is 4.35. The van der Waals surface area contributed by atoms with Gasteiger partial charge in [0.1, 0.15) is 5.82 Å². The molecule has 22 heavy (non-hydrogen) atoms. The zero-order valence-corrected chi connectivity index (χ0v) is 13.5. The summed E-state index contributed by atoms with van der Waals surface area (Å²) in [4.78, 5) is 17.0. The third-order valence-electron chi connectivity index (χ3n) is 4.35. The van der Waals surface area contributed by atoms with Crippen LogP contribution in [0.1, 0.15) is 33.0 Å². The first kappa shape index (κ1) is 15.0. The number of rotatable bonds is 6. The Labute approximate surface area is 131 Å². The van der Waals surface area contributed by atoms with E-state index in [1.165, 1.54) is 0 Å². The van der Waals surface area contributed by atoms with Gasteiger partial charge < -0.3 is 15.0 Å². The van der Waals surface area contributed by atoms with Crippen molar-refractivity contribution < 1.29 is 4.79 Å². The average Bonchev–Trinajstić information content (AvgIpc) is 3.13. The highest BCUT2D eigenvalue weighted by molar-refractivity contribution is 5.82. The minimum Gasteiger partial charge on any atom is -0.344 e. The van der Waals surface area contributed by atoms with Gasteiger partial charge in [0, 0.05) is 12.1 Å². The van der Waals surface area contributed by atoms with Gasteiger partial charge in [-0.1, -0.05) is 13.0 Å². The van der Waals surface area contributed by atoms with E-state index in [1.54, 1.807) is 0 Å². The molecule has 1 aliphatic rings. The van der Waals surface area contributed by atoms with Crippen LogP contribution in [0.3, 0.4) is 0 Å². The molecule has 1 fully saturated rings. The summed E-state index contributed by atoms with van der Waals surface area (Å²) >= 11 is 0. The van der Waals surface area contributed by atoms with E-state index in [0.717, 1.165) is 30.9 Å². The normalized spacial score (nSPS) is 21.0. The summed E-state index contributed by atoms with van der Waals surface area (Å²) < 4.78 is 2.03. The second-order valence-corrected chi connectivity index (χ2v) is 6.60. The van der Waals surface area contributed by atoms with Gasteiger partial charge in [-0.05, 0) is 51.4 Å². The van der Waals surface area contributed by atoms with Crippen LogP contribution >= 0.6 is 0 Å². The third kappa shape index (κ3) is 2.86. The largest absolute Gasteiger partial charge is 0.344 e. The SMILES string of the molecule is CCNCC1CC1C(=O)NC(C)(C)c1ncc2ccccn12. The Kier molecular flexibility index (Phi) is 3.91. The van der Waals surface area contributed by atoms with Crippen LogP contribution in [0.25, 0.3) is 5.52 Å². The van der Waals surface area contributed by atoms with Crippen LogP contribution in [0.4, 0.5) is 0 Å². The highest BCUT2D eigenvalue weighted by Crippen LogP contribution is 2.38. The fraction of sp³-hybridized carbons (Fsp3) is 0.529. The zero-order chi connectivity index (χ0) is 15.7. The number of nitrogens with one attached hydrogen (secondary N) is 2. The Morgan fingerprint density at radius 1 is 1.45 bits per heavy atom. The monoisotopic (exact) mass is 300 g/mol. The standard InChI is InChI=1S/C17H24N4O/c1-4-18-10-12-9-14(12)15(22)20-17(2,3)16-19-11-13-7-5-6-8-21(13)16/h5-8,11-12,14,18H,4,9-10H2,1-3H3,(H,20,22). The second kappa shape index (κ2) is 5.72. The van der Waals surface area contributed by atoms with Crippen LogP contribution in [-0.2, 0) is 10.3 Å². The summed E-state index contributed by atoms with van der Waals surface area (Å²) in [7, 11) is 0. The number of hydrogen-bond acceptors (Lipinski definition) is 3. The number of imidazole rings is 1. The molecular weight excluding hydrogens is 276 g/mol. The van der Waals surface area contributed by atoms with Gasteiger partial charge in [0.2, 0.25) is 5.91 Å². The molecule has 3 rings (SSSR count). The minimum atomic E-state index is -0.490. The number of nitrogens with zero attached hydrogens (tertiary/aromatic N) is 2. The Bertz CT molecular complexity index is 676. The van der Waals surface area contributed by atoms with Crippen LogP contribution in [0.2, 0.25) is 0 Å². The van der Waals surface area contributed by atoms with Crippen LogP contribution in [-0.4, -0.2) is 28.4 Å². The molecule has 5 nitrogen and oxygen atoms in total. The van der Waals surface area contributed by atoms with Crippen molar-refractivity contribution in [2.45, 2.75) is 32.7 Å². The van der Waals surface area contributed by atoms with Gasteiger partial charge in [-0.2, -0.15) is 0 Å². The maximum absolute atomic E-state index is 12.4. The van der Waals surface area contributed by atoms with Gasteiger partial charge in [0.05, 0.1) is 17.3 Å². The molecule has 2 atom stereocenters. The number of fused-ring (bicyclic) bond motifs is 1. The minimum absolute atomic E-state index is 0.139. The van der Waals surface area contributed by atoms with E-state index in [2.05, 4.69) is 22.5 Å². The molecule has 2 N–H and O–H groups in total. The fourth-order valence-electron chi connectivity index (χ4n) is 2.99. The Balaban J connectivity index is 1.70. The van der Waals surface area contributed by atoms with Crippen molar-refractivity contribution in [2.24, 2.45) is 11.8 Å². The highest BCUT2D eigenvalue weighted by Gasteiger charge is 2.44. The summed E-state index contributed by atoms with van der Waals surface area (Å²) in [6.45, 7) is 7.99. The van der Waals surface area contributed by atoms with E-state index in [-0.39, 0.29) is 11.8 Å². The Morgan fingerprint density at radius 2 is 2.27 bits per heavy atom. The zero-order valence-electron chi connectivity index (χ0n) is 13.5. The van der Waals surface area contributed by atoms with Gasteiger partial charge in [0.15, 0.2) is 0 Å². The number of hydrogen-bond donors (Lipinski definition) is 2. The van der Waals surface area contributed by atoms with Crippen molar-refractivity contribution in [3.8, 4) is 0 Å². The molecule has 2 unspecified atom stereocenters. The van der Waals surface area contributed by atoms with Crippen molar-refractivity contribution in [3.05, 3.63) is 36.4 Å². The summed E-state index contributed by atoms with van der Waals surface area (Å²) in [6.07, 6.45) is 4.81. The molecule has 0 radical (unpaired) electrons. The predicted octanol–water partition coefficient (Wildman–Crippen LogP) is 1.93. The van der Waals surface area contributed by atoms with Crippen LogP contribution in [0.5, 0.6) is 0 Å². The maximum Gasteiger partial charge on any atom is 0.224 e. The van der Waals surface area contributed by atoms with Gasteiger partial charge in [-0.3, -0.25) is 4.79 Å². The molecule has 2 heterocycles. The maximum atomic E-state index is 12.4. The van der Waals surface area contributed by atoms with Crippen molar-refractivity contribution in [2.75, 3.05) is 13.1 Å². The van der Waals surface area contributed by atoms with Gasteiger partial charge >= 0.3 is 0 Å². The first-order valence-electron chi connectivity index (χ1n) is 7.98. The first-order valence-corrected chi connectivity index (χ1v) is 7.98. The van der Waals surface area contributed by atoms with E-state index in [0.29, 0.717) is 5.92 Å². The number of amides is 1. The lowest BCUT2D eigenvalue weighted by Crippen LogP contribution is -2.43. The molecule has 0 aromatic carbocycles. The summed E-state index contributed by atoms with van der Waals surface area (Å²) in [5, 5.41) is 6.48. The molecule has 118 valence electrons. The van der Waals surface area contributed by atoms with Crippen molar-refractivity contribution in [1.82, 2.24) is 20.0 Å². The van der Waals surface area contributed by atoms with E-state index >= 15 is 0 Å². The first-order chi connectivity index (χ1) is 10.5. The molecule has 1 amide bonds. The van der Waals surface area contributed by atoms with Crippen LogP contribution in [0.15, 0.2) is 30.6 Å². The van der Waals surface area contributed by atoms with Gasteiger partial charge in [-0.15, -0.1) is 0 Å². The molecule has 2 aromatic heterocycles.